The van der Waals surface area contributed by atoms with Crippen molar-refractivity contribution < 1.29 is 8.42 Å². The van der Waals surface area contributed by atoms with Crippen LogP contribution in [0, 0.1) is 11.8 Å². The summed E-state index contributed by atoms with van der Waals surface area (Å²) in [5.41, 5.74) is -0.0649. The van der Waals surface area contributed by atoms with Crippen molar-refractivity contribution in [1.29, 1.82) is 0 Å². The van der Waals surface area contributed by atoms with Gasteiger partial charge in [-0.15, -0.1) is 0 Å². The molecule has 0 aromatic carbocycles. The van der Waals surface area contributed by atoms with Gasteiger partial charge >= 0.3 is 0 Å². The molecule has 0 saturated carbocycles. The van der Waals surface area contributed by atoms with Crippen molar-refractivity contribution in [3.8, 4) is 0 Å². The molecule has 0 aliphatic carbocycles. The van der Waals surface area contributed by atoms with Gasteiger partial charge in [0.05, 0.1) is 11.5 Å². The second-order valence-electron chi connectivity index (χ2n) is 7.11. The Bertz CT molecular complexity index is 436. The number of guanidine groups is 1. The first-order valence-electron chi connectivity index (χ1n) is 7.34. The van der Waals surface area contributed by atoms with Crippen LogP contribution in [-0.4, -0.2) is 44.5 Å². The molecule has 20 heavy (non-hydrogen) atoms. The minimum Gasteiger partial charge on any atom is -0.356 e. The molecule has 118 valence electrons. The number of rotatable bonds is 4. The number of nitrogens with zero attached hydrogens (tertiary/aromatic N) is 1. The van der Waals surface area contributed by atoms with E-state index in [1.807, 2.05) is 0 Å². The summed E-state index contributed by atoms with van der Waals surface area (Å²) in [5, 5.41) is 6.63. The van der Waals surface area contributed by atoms with Crippen LogP contribution >= 0.6 is 0 Å². The molecule has 0 radical (unpaired) electrons. The monoisotopic (exact) mass is 303 g/mol. The second kappa shape index (κ2) is 6.78. The van der Waals surface area contributed by atoms with Gasteiger partial charge in [-0.3, -0.25) is 4.99 Å². The van der Waals surface area contributed by atoms with E-state index in [0.29, 0.717) is 24.0 Å². The Morgan fingerprint density at radius 2 is 2.00 bits per heavy atom. The van der Waals surface area contributed by atoms with Crippen LogP contribution in [0.25, 0.3) is 0 Å². The number of aliphatic imine (C=N–C) groups is 1. The summed E-state index contributed by atoms with van der Waals surface area (Å²) < 4.78 is 22.9. The highest BCUT2D eigenvalue weighted by atomic mass is 32.2. The average Bonchev–Trinajstić information content (AvgIpc) is 2.60. The van der Waals surface area contributed by atoms with Crippen LogP contribution in [0.15, 0.2) is 4.99 Å². The number of hydrogen-bond donors (Lipinski definition) is 2. The molecule has 1 atom stereocenters. The highest BCUT2D eigenvalue weighted by molar-refractivity contribution is 7.91. The Hall–Kier alpha value is -0.780. The third-order valence-corrected chi connectivity index (χ3v) is 4.83. The van der Waals surface area contributed by atoms with Gasteiger partial charge in [-0.25, -0.2) is 8.42 Å². The lowest BCUT2D eigenvalue weighted by molar-refractivity contribution is 0.489. The van der Waals surface area contributed by atoms with Crippen molar-refractivity contribution in [1.82, 2.24) is 10.6 Å². The van der Waals surface area contributed by atoms with Crippen molar-refractivity contribution in [2.45, 2.75) is 46.6 Å². The summed E-state index contributed by atoms with van der Waals surface area (Å²) in [7, 11) is -2.80. The first-order valence-corrected chi connectivity index (χ1v) is 9.16. The van der Waals surface area contributed by atoms with Gasteiger partial charge in [-0.2, -0.15) is 0 Å². The molecule has 0 aromatic rings. The molecule has 0 spiro atoms. The largest absolute Gasteiger partial charge is 0.356 e. The molecule has 1 fully saturated rings. The summed E-state index contributed by atoms with van der Waals surface area (Å²) in [6.07, 6.45) is 0.752. The fraction of sp³-hybridized carbons (Fsp3) is 0.929. The molecule has 0 amide bonds. The van der Waals surface area contributed by atoms with Gasteiger partial charge in [0.15, 0.2) is 15.8 Å². The lowest BCUT2D eigenvalue weighted by Crippen LogP contribution is -2.49. The zero-order chi connectivity index (χ0) is 15.4. The van der Waals surface area contributed by atoms with E-state index in [0.717, 1.165) is 18.9 Å². The highest BCUT2D eigenvalue weighted by Crippen LogP contribution is 2.17. The van der Waals surface area contributed by atoms with Crippen molar-refractivity contribution >= 4 is 15.8 Å². The number of sulfone groups is 1. The molecule has 5 nitrogen and oxygen atoms in total. The molecular weight excluding hydrogens is 274 g/mol. The maximum atomic E-state index is 11.5. The molecular formula is C14H29N3O2S. The molecule has 1 aliphatic heterocycles. The van der Waals surface area contributed by atoms with Crippen molar-refractivity contribution in [3.05, 3.63) is 0 Å². The normalized spacial score (nSPS) is 23.1. The van der Waals surface area contributed by atoms with Crippen molar-refractivity contribution in [2.24, 2.45) is 16.8 Å². The molecule has 1 aliphatic rings. The van der Waals surface area contributed by atoms with E-state index in [1.165, 1.54) is 0 Å². The topological polar surface area (TPSA) is 70.6 Å². The molecule has 1 unspecified atom stereocenters. The Balaban J connectivity index is 2.54. The third-order valence-electron chi connectivity index (χ3n) is 2.99. The summed E-state index contributed by atoms with van der Waals surface area (Å²) in [4.78, 5) is 4.55. The van der Waals surface area contributed by atoms with E-state index in [4.69, 9.17) is 0 Å². The molecule has 0 aromatic heterocycles. The predicted molar refractivity (Wildman–Crippen MR) is 84.8 cm³/mol. The minimum absolute atomic E-state index is 0.0649. The summed E-state index contributed by atoms with van der Waals surface area (Å²) >= 11 is 0. The smallest absolute Gasteiger partial charge is 0.191 e. The number of hydrogen-bond acceptors (Lipinski definition) is 3. The maximum absolute atomic E-state index is 11.5. The second-order valence-corrected chi connectivity index (χ2v) is 9.34. The minimum atomic E-state index is -2.80. The summed E-state index contributed by atoms with van der Waals surface area (Å²) in [6, 6.07) is 0. The first kappa shape index (κ1) is 17.3. The predicted octanol–water partition coefficient (Wildman–Crippen LogP) is 1.41. The van der Waals surface area contributed by atoms with Crippen LogP contribution < -0.4 is 10.6 Å². The molecule has 1 rings (SSSR count). The highest BCUT2D eigenvalue weighted by Gasteiger charge is 2.27. The van der Waals surface area contributed by atoms with E-state index >= 15 is 0 Å². The lowest BCUT2D eigenvalue weighted by atomic mass is 10.1. The van der Waals surface area contributed by atoms with E-state index in [2.05, 4.69) is 50.2 Å². The van der Waals surface area contributed by atoms with Gasteiger partial charge < -0.3 is 10.6 Å². The quantitative estimate of drug-likeness (QED) is 0.608. The van der Waals surface area contributed by atoms with E-state index in [9.17, 15) is 8.42 Å². The Kier molecular flexibility index (Phi) is 5.86. The van der Waals surface area contributed by atoms with Crippen LogP contribution in [-0.2, 0) is 9.84 Å². The van der Waals surface area contributed by atoms with Gasteiger partial charge in [0.2, 0.25) is 0 Å². The Morgan fingerprint density at radius 3 is 2.45 bits per heavy atom. The SMILES string of the molecule is CC(C)CN=C(NCC1CCS(=O)(=O)C1)NC(C)(C)C. The van der Waals surface area contributed by atoms with Gasteiger partial charge in [0.25, 0.3) is 0 Å². The first-order chi connectivity index (χ1) is 9.07. The van der Waals surface area contributed by atoms with Crippen LogP contribution in [0.4, 0.5) is 0 Å². The zero-order valence-corrected chi connectivity index (χ0v) is 14.2. The lowest BCUT2D eigenvalue weighted by Gasteiger charge is -2.25. The fourth-order valence-electron chi connectivity index (χ4n) is 2.04. The molecule has 1 saturated heterocycles. The third kappa shape index (κ3) is 7.12. The van der Waals surface area contributed by atoms with Crippen LogP contribution in [0.3, 0.4) is 0 Å². The number of nitrogens with one attached hydrogen (secondary N) is 2. The fourth-order valence-corrected chi connectivity index (χ4v) is 3.90. The van der Waals surface area contributed by atoms with Crippen LogP contribution in [0.2, 0.25) is 0 Å². The molecule has 6 heteroatoms. The van der Waals surface area contributed by atoms with Gasteiger partial charge in [0, 0.05) is 18.6 Å². The summed E-state index contributed by atoms with van der Waals surface area (Å²) in [6.45, 7) is 11.9. The molecule has 1 heterocycles. The zero-order valence-electron chi connectivity index (χ0n) is 13.4. The Labute approximate surface area is 123 Å². The summed E-state index contributed by atoms with van der Waals surface area (Å²) in [5.74, 6) is 2.10. The van der Waals surface area contributed by atoms with E-state index in [-0.39, 0.29) is 11.5 Å². The van der Waals surface area contributed by atoms with Crippen molar-refractivity contribution in [2.75, 3.05) is 24.6 Å². The van der Waals surface area contributed by atoms with Gasteiger partial charge in [-0.1, -0.05) is 13.8 Å². The van der Waals surface area contributed by atoms with Crippen LogP contribution in [0.5, 0.6) is 0 Å². The van der Waals surface area contributed by atoms with Gasteiger partial charge in [0.1, 0.15) is 0 Å². The van der Waals surface area contributed by atoms with Gasteiger partial charge in [-0.05, 0) is 39.0 Å². The molecule has 0 bridgehead atoms. The average molecular weight is 303 g/mol. The van der Waals surface area contributed by atoms with Crippen molar-refractivity contribution in [3.63, 3.8) is 0 Å². The van der Waals surface area contributed by atoms with E-state index < -0.39 is 9.84 Å². The molecule has 2 N–H and O–H groups in total. The standard InChI is InChI=1S/C14H29N3O2S/c1-11(2)8-15-13(17-14(3,4)5)16-9-12-6-7-20(18,19)10-12/h11-12H,6-10H2,1-5H3,(H2,15,16,17). The van der Waals surface area contributed by atoms with E-state index in [1.54, 1.807) is 0 Å². The Morgan fingerprint density at radius 1 is 1.35 bits per heavy atom. The van der Waals surface area contributed by atoms with Crippen LogP contribution in [0.1, 0.15) is 41.0 Å². The maximum Gasteiger partial charge on any atom is 0.191 e.